The predicted octanol–water partition coefficient (Wildman–Crippen LogP) is 3.72. The summed E-state index contributed by atoms with van der Waals surface area (Å²) in [6, 6.07) is 6.73. The van der Waals surface area contributed by atoms with E-state index in [2.05, 4.69) is 51.4 Å². The van der Waals surface area contributed by atoms with Crippen LogP contribution >= 0.6 is 27.3 Å². The molecule has 2 rings (SSSR count). The van der Waals surface area contributed by atoms with Crippen molar-refractivity contribution in [2.45, 2.75) is 19.4 Å². The zero-order chi connectivity index (χ0) is 12.3. The molecule has 4 heteroatoms. The Morgan fingerprint density at radius 3 is 2.82 bits per heavy atom. The van der Waals surface area contributed by atoms with Gasteiger partial charge in [0.15, 0.2) is 0 Å². The van der Waals surface area contributed by atoms with Crippen molar-refractivity contribution < 1.29 is 0 Å². The van der Waals surface area contributed by atoms with E-state index in [0.717, 1.165) is 6.42 Å². The van der Waals surface area contributed by atoms with Gasteiger partial charge in [0.05, 0.1) is 3.79 Å². The van der Waals surface area contributed by atoms with Gasteiger partial charge in [0.25, 0.3) is 0 Å². The minimum Gasteiger partial charge on any atom is -0.313 e. The average molecular weight is 311 g/mol. The van der Waals surface area contributed by atoms with Crippen molar-refractivity contribution in [2.75, 3.05) is 7.05 Å². The van der Waals surface area contributed by atoms with Crippen LogP contribution in [0.15, 0.2) is 34.4 Å². The van der Waals surface area contributed by atoms with Gasteiger partial charge in [0.2, 0.25) is 0 Å². The van der Waals surface area contributed by atoms with E-state index in [-0.39, 0.29) is 0 Å². The van der Waals surface area contributed by atoms with E-state index >= 15 is 0 Å². The topological polar surface area (TPSA) is 24.9 Å². The quantitative estimate of drug-likeness (QED) is 0.931. The number of nitrogens with one attached hydrogen (secondary N) is 1. The third-order valence-corrected chi connectivity index (χ3v) is 4.47. The van der Waals surface area contributed by atoms with Crippen molar-refractivity contribution >= 4 is 27.3 Å². The molecule has 1 atom stereocenters. The minimum absolute atomic E-state index is 0.351. The number of rotatable bonds is 4. The van der Waals surface area contributed by atoms with Gasteiger partial charge in [-0.25, -0.2) is 0 Å². The summed E-state index contributed by atoms with van der Waals surface area (Å²) in [6.45, 7) is 2.11. The Morgan fingerprint density at radius 2 is 2.24 bits per heavy atom. The summed E-state index contributed by atoms with van der Waals surface area (Å²) in [5.74, 6) is 0. The van der Waals surface area contributed by atoms with Crippen LogP contribution in [-0.2, 0) is 6.42 Å². The molecule has 0 amide bonds. The number of halogens is 1. The average Bonchev–Trinajstić information content (AvgIpc) is 2.73. The van der Waals surface area contributed by atoms with E-state index in [4.69, 9.17) is 0 Å². The number of likely N-dealkylation sites (N-methyl/N-ethyl adjacent to an activating group) is 1. The highest BCUT2D eigenvalue weighted by Crippen LogP contribution is 2.27. The smallest absolute Gasteiger partial charge is 0.0701 e. The Bertz CT molecular complexity index is 496. The third kappa shape index (κ3) is 3.15. The molecular formula is C13H15BrN2S. The fraction of sp³-hybridized carbons (Fsp3) is 0.308. The Balaban J connectivity index is 2.20. The molecule has 0 spiro atoms. The first kappa shape index (κ1) is 12.7. The van der Waals surface area contributed by atoms with E-state index in [1.807, 2.05) is 19.4 Å². The molecule has 90 valence electrons. The minimum atomic E-state index is 0.351. The molecule has 0 saturated carbocycles. The lowest BCUT2D eigenvalue weighted by Crippen LogP contribution is -2.19. The summed E-state index contributed by atoms with van der Waals surface area (Å²) in [7, 11) is 2.01. The van der Waals surface area contributed by atoms with Crippen LogP contribution < -0.4 is 5.32 Å². The molecule has 0 saturated heterocycles. The second-order valence-corrected chi connectivity index (χ2v) is 6.53. The van der Waals surface area contributed by atoms with Crippen molar-refractivity contribution in [1.82, 2.24) is 10.3 Å². The Labute approximate surface area is 114 Å². The molecule has 17 heavy (non-hydrogen) atoms. The molecule has 0 radical (unpaired) electrons. The predicted molar refractivity (Wildman–Crippen MR) is 76.5 cm³/mol. The zero-order valence-electron chi connectivity index (χ0n) is 9.90. The number of nitrogens with zero attached hydrogens (tertiary/aromatic N) is 1. The van der Waals surface area contributed by atoms with E-state index in [0.29, 0.717) is 6.04 Å². The van der Waals surface area contributed by atoms with Gasteiger partial charge in [-0.3, -0.25) is 4.98 Å². The number of aromatic nitrogens is 1. The first-order valence-electron chi connectivity index (χ1n) is 5.52. The van der Waals surface area contributed by atoms with Crippen molar-refractivity contribution in [2.24, 2.45) is 0 Å². The highest BCUT2D eigenvalue weighted by molar-refractivity contribution is 9.11. The van der Waals surface area contributed by atoms with Crippen LogP contribution in [0.2, 0.25) is 0 Å². The highest BCUT2D eigenvalue weighted by Gasteiger charge is 2.13. The molecule has 2 aromatic rings. The fourth-order valence-electron chi connectivity index (χ4n) is 1.91. The SMILES string of the molecule is CNC(Cc1ccc(Br)s1)c1ccncc1C. The van der Waals surface area contributed by atoms with Gasteiger partial charge in [0.1, 0.15) is 0 Å². The van der Waals surface area contributed by atoms with Crippen LogP contribution in [-0.4, -0.2) is 12.0 Å². The van der Waals surface area contributed by atoms with Crippen LogP contribution in [0.5, 0.6) is 0 Å². The van der Waals surface area contributed by atoms with Crippen LogP contribution in [0.4, 0.5) is 0 Å². The van der Waals surface area contributed by atoms with E-state index in [9.17, 15) is 0 Å². The first-order valence-corrected chi connectivity index (χ1v) is 7.13. The van der Waals surface area contributed by atoms with Crippen LogP contribution in [0.1, 0.15) is 22.0 Å². The first-order chi connectivity index (χ1) is 8.20. The van der Waals surface area contributed by atoms with Crippen LogP contribution in [0.25, 0.3) is 0 Å². The lowest BCUT2D eigenvalue weighted by molar-refractivity contribution is 0.592. The van der Waals surface area contributed by atoms with Crippen molar-refractivity contribution in [3.63, 3.8) is 0 Å². The Hall–Kier alpha value is -0.710. The highest BCUT2D eigenvalue weighted by atomic mass is 79.9. The molecule has 2 nitrogen and oxygen atoms in total. The summed E-state index contributed by atoms with van der Waals surface area (Å²) in [5, 5.41) is 3.38. The largest absolute Gasteiger partial charge is 0.313 e. The number of hydrogen-bond donors (Lipinski definition) is 1. The second-order valence-electron chi connectivity index (χ2n) is 3.98. The van der Waals surface area contributed by atoms with Crippen LogP contribution in [0.3, 0.4) is 0 Å². The maximum absolute atomic E-state index is 4.14. The molecule has 1 unspecified atom stereocenters. The van der Waals surface area contributed by atoms with E-state index in [1.54, 1.807) is 11.3 Å². The zero-order valence-corrected chi connectivity index (χ0v) is 12.3. The van der Waals surface area contributed by atoms with Gasteiger partial charge in [-0.2, -0.15) is 0 Å². The fourth-order valence-corrected chi connectivity index (χ4v) is 3.43. The van der Waals surface area contributed by atoms with E-state index < -0.39 is 0 Å². The normalized spacial score (nSPS) is 12.6. The van der Waals surface area contributed by atoms with Crippen LogP contribution in [0, 0.1) is 6.92 Å². The van der Waals surface area contributed by atoms with Crippen molar-refractivity contribution in [3.8, 4) is 0 Å². The molecule has 0 aromatic carbocycles. The van der Waals surface area contributed by atoms with E-state index in [1.165, 1.54) is 19.8 Å². The van der Waals surface area contributed by atoms with Crippen molar-refractivity contribution in [3.05, 3.63) is 50.4 Å². The molecule has 2 heterocycles. The summed E-state index contributed by atoms with van der Waals surface area (Å²) >= 11 is 5.30. The molecule has 2 aromatic heterocycles. The summed E-state index contributed by atoms with van der Waals surface area (Å²) in [4.78, 5) is 5.52. The second kappa shape index (κ2) is 5.76. The molecule has 0 fully saturated rings. The van der Waals surface area contributed by atoms with Gasteiger partial charge in [-0.15, -0.1) is 11.3 Å². The Morgan fingerprint density at radius 1 is 1.41 bits per heavy atom. The summed E-state index contributed by atoms with van der Waals surface area (Å²) < 4.78 is 1.19. The molecule has 0 aliphatic rings. The molecule has 1 N–H and O–H groups in total. The summed E-state index contributed by atoms with van der Waals surface area (Å²) in [6.07, 6.45) is 4.79. The van der Waals surface area contributed by atoms with Crippen molar-refractivity contribution in [1.29, 1.82) is 0 Å². The summed E-state index contributed by atoms with van der Waals surface area (Å²) in [5.41, 5.74) is 2.56. The lowest BCUT2D eigenvalue weighted by atomic mass is 10.0. The molecule has 0 bridgehead atoms. The maximum Gasteiger partial charge on any atom is 0.0701 e. The number of aryl methyl sites for hydroxylation is 1. The monoisotopic (exact) mass is 310 g/mol. The van der Waals surface area contributed by atoms with Gasteiger partial charge in [0, 0.05) is 29.7 Å². The third-order valence-electron chi connectivity index (χ3n) is 2.82. The number of thiophene rings is 1. The van der Waals surface area contributed by atoms with Gasteiger partial charge < -0.3 is 5.32 Å². The molecule has 0 aliphatic heterocycles. The van der Waals surface area contributed by atoms with Gasteiger partial charge >= 0.3 is 0 Å². The van der Waals surface area contributed by atoms with Gasteiger partial charge in [-0.1, -0.05) is 0 Å². The molecule has 0 aliphatic carbocycles. The number of pyridine rings is 1. The number of hydrogen-bond acceptors (Lipinski definition) is 3. The molecular weight excluding hydrogens is 296 g/mol. The Kier molecular flexibility index (Phi) is 4.31. The standard InChI is InChI=1S/C13H15BrN2S/c1-9-8-16-6-5-11(9)12(15-2)7-10-3-4-13(14)17-10/h3-6,8,12,15H,7H2,1-2H3. The maximum atomic E-state index is 4.14. The lowest BCUT2D eigenvalue weighted by Gasteiger charge is -2.17. The van der Waals surface area contributed by atoms with Gasteiger partial charge in [-0.05, 0) is 59.2 Å².